The van der Waals surface area contributed by atoms with E-state index in [1.54, 1.807) is 0 Å². The number of rotatable bonds is 6. The first kappa shape index (κ1) is 20.2. The summed E-state index contributed by atoms with van der Waals surface area (Å²) in [4.78, 5) is 27.8. The number of hydrogen-bond donors (Lipinski definition) is 1. The number of aromatic nitrogens is 1. The van der Waals surface area contributed by atoms with E-state index in [1.165, 1.54) is 0 Å². The largest absolute Gasteiger partial charge is 0.310 e. The van der Waals surface area contributed by atoms with E-state index < -0.39 is 5.54 Å². The van der Waals surface area contributed by atoms with Gasteiger partial charge in [0.1, 0.15) is 11.4 Å². The van der Waals surface area contributed by atoms with Crippen LogP contribution >= 0.6 is 0 Å². The maximum Gasteiger partial charge on any atom is 0.228 e. The van der Waals surface area contributed by atoms with Gasteiger partial charge in [-0.15, -0.1) is 4.91 Å². The van der Waals surface area contributed by atoms with E-state index in [0.29, 0.717) is 5.82 Å². The standard InChI is InChI=1S/C25H27N3O2/c1-5-16-12-21(15(2)10-22(16)25(3,4)28-30)19-9-8-18-13-23(26-14-20(18)11-19)27-24(29)17-6-7-17/h8-14,17H,5-7H2,1-4H3,(H,26,27,29). The minimum absolute atomic E-state index is 0.0639. The van der Waals surface area contributed by atoms with E-state index >= 15 is 0 Å². The van der Waals surface area contributed by atoms with Crippen LogP contribution in [0, 0.1) is 17.7 Å². The Labute approximate surface area is 176 Å². The summed E-state index contributed by atoms with van der Waals surface area (Å²) in [7, 11) is 0. The average molecular weight is 402 g/mol. The number of pyridine rings is 1. The van der Waals surface area contributed by atoms with Crippen molar-refractivity contribution < 1.29 is 4.79 Å². The van der Waals surface area contributed by atoms with Crippen LogP contribution in [0.5, 0.6) is 0 Å². The third-order valence-corrected chi connectivity index (χ3v) is 5.95. The minimum atomic E-state index is -0.747. The van der Waals surface area contributed by atoms with Gasteiger partial charge in [-0.25, -0.2) is 4.98 Å². The molecule has 1 aliphatic carbocycles. The molecule has 5 nitrogen and oxygen atoms in total. The van der Waals surface area contributed by atoms with Crippen LogP contribution in [0.2, 0.25) is 0 Å². The highest BCUT2D eigenvalue weighted by Gasteiger charge is 2.29. The van der Waals surface area contributed by atoms with Gasteiger partial charge in [-0.05, 0) is 85.4 Å². The molecule has 1 heterocycles. The number of hydrogen-bond acceptors (Lipinski definition) is 4. The summed E-state index contributed by atoms with van der Waals surface area (Å²) in [6.07, 6.45) is 4.59. The molecule has 1 N–H and O–H groups in total. The molecule has 1 aromatic heterocycles. The Balaban J connectivity index is 1.70. The van der Waals surface area contributed by atoms with Crippen molar-refractivity contribution in [3.05, 3.63) is 64.2 Å². The van der Waals surface area contributed by atoms with Crippen molar-refractivity contribution in [2.24, 2.45) is 11.1 Å². The Morgan fingerprint density at radius 3 is 2.60 bits per heavy atom. The lowest BCUT2D eigenvalue weighted by molar-refractivity contribution is -0.117. The molecule has 0 spiro atoms. The minimum Gasteiger partial charge on any atom is -0.310 e. The van der Waals surface area contributed by atoms with Gasteiger partial charge in [0, 0.05) is 17.5 Å². The zero-order valence-electron chi connectivity index (χ0n) is 18.0. The van der Waals surface area contributed by atoms with Gasteiger partial charge in [0.2, 0.25) is 5.91 Å². The van der Waals surface area contributed by atoms with Crippen LogP contribution in [0.4, 0.5) is 5.82 Å². The van der Waals surface area contributed by atoms with Crippen molar-refractivity contribution in [1.29, 1.82) is 0 Å². The second-order valence-corrected chi connectivity index (χ2v) is 8.72. The number of aryl methyl sites for hydroxylation is 2. The van der Waals surface area contributed by atoms with E-state index in [1.807, 2.05) is 26.1 Å². The van der Waals surface area contributed by atoms with Crippen LogP contribution in [0.1, 0.15) is 50.3 Å². The van der Waals surface area contributed by atoms with Gasteiger partial charge < -0.3 is 5.32 Å². The highest BCUT2D eigenvalue weighted by atomic mass is 16.3. The number of nitrogens with one attached hydrogen (secondary N) is 1. The van der Waals surface area contributed by atoms with Gasteiger partial charge in [0.05, 0.1) is 0 Å². The summed E-state index contributed by atoms with van der Waals surface area (Å²) in [6, 6.07) is 12.5. The van der Waals surface area contributed by atoms with Crippen LogP contribution < -0.4 is 5.32 Å². The SMILES string of the molecule is CCc1cc(-c2ccc3cc(NC(=O)C4CC4)ncc3c2)c(C)cc1C(C)(C)N=O. The summed E-state index contributed by atoms with van der Waals surface area (Å²) in [6.45, 7) is 7.88. The Bertz CT molecular complexity index is 1150. The number of nitrogens with zero attached hydrogens (tertiary/aromatic N) is 2. The molecular formula is C25H27N3O2. The third kappa shape index (κ3) is 3.84. The molecule has 4 rings (SSSR count). The number of amides is 1. The monoisotopic (exact) mass is 401 g/mol. The quantitative estimate of drug-likeness (QED) is 0.506. The van der Waals surface area contributed by atoms with E-state index in [-0.39, 0.29) is 11.8 Å². The van der Waals surface area contributed by atoms with Gasteiger partial charge >= 0.3 is 0 Å². The molecule has 1 aliphatic rings. The normalized spacial score (nSPS) is 14.0. The average Bonchev–Trinajstić information content (AvgIpc) is 3.58. The fraction of sp³-hybridized carbons (Fsp3) is 0.360. The third-order valence-electron chi connectivity index (χ3n) is 5.95. The lowest BCUT2D eigenvalue weighted by Gasteiger charge is -2.22. The van der Waals surface area contributed by atoms with E-state index in [9.17, 15) is 9.70 Å². The van der Waals surface area contributed by atoms with E-state index in [0.717, 1.165) is 57.9 Å². The van der Waals surface area contributed by atoms with Crippen LogP contribution in [0.15, 0.2) is 47.8 Å². The van der Waals surface area contributed by atoms with Crippen molar-refractivity contribution in [1.82, 2.24) is 4.98 Å². The van der Waals surface area contributed by atoms with Gasteiger partial charge in [0.25, 0.3) is 0 Å². The number of anilines is 1. The predicted octanol–water partition coefficient (Wildman–Crippen LogP) is 6.12. The summed E-state index contributed by atoms with van der Waals surface area (Å²) < 4.78 is 0. The Hall–Kier alpha value is -3.08. The molecule has 0 saturated heterocycles. The molecule has 3 aromatic rings. The van der Waals surface area contributed by atoms with Gasteiger partial charge in [-0.1, -0.05) is 36.4 Å². The van der Waals surface area contributed by atoms with Crippen LogP contribution in [0.25, 0.3) is 21.9 Å². The molecule has 5 heteroatoms. The van der Waals surface area contributed by atoms with Gasteiger partial charge in [-0.2, -0.15) is 0 Å². The van der Waals surface area contributed by atoms with Crippen molar-refractivity contribution in [2.75, 3.05) is 5.32 Å². The molecule has 154 valence electrons. The lowest BCUT2D eigenvalue weighted by atomic mass is 9.85. The van der Waals surface area contributed by atoms with Gasteiger partial charge in [0.15, 0.2) is 0 Å². The molecule has 0 unspecified atom stereocenters. The molecule has 1 amide bonds. The number of nitroso groups, excluding NO2 is 1. The zero-order valence-corrected chi connectivity index (χ0v) is 18.0. The maximum atomic E-state index is 12.0. The molecule has 30 heavy (non-hydrogen) atoms. The zero-order chi connectivity index (χ0) is 21.5. The van der Waals surface area contributed by atoms with Crippen molar-refractivity contribution >= 4 is 22.5 Å². The molecule has 0 aliphatic heterocycles. The fourth-order valence-electron chi connectivity index (χ4n) is 3.93. The van der Waals surface area contributed by atoms with Crippen molar-refractivity contribution in [3.8, 4) is 11.1 Å². The number of fused-ring (bicyclic) bond motifs is 1. The highest BCUT2D eigenvalue weighted by molar-refractivity contribution is 5.96. The first-order valence-electron chi connectivity index (χ1n) is 10.5. The number of carbonyl (C=O) groups is 1. The fourth-order valence-corrected chi connectivity index (χ4v) is 3.93. The van der Waals surface area contributed by atoms with Crippen LogP contribution in [-0.2, 0) is 16.8 Å². The molecule has 1 fully saturated rings. The Morgan fingerprint density at radius 2 is 1.93 bits per heavy atom. The second kappa shape index (κ2) is 7.63. The Kier molecular flexibility index (Phi) is 5.14. The first-order chi connectivity index (χ1) is 14.3. The number of carbonyl (C=O) groups excluding carboxylic acids is 1. The van der Waals surface area contributed by atoms with Crippen molar-refractivity contribution in [3.63, 3.8) is 0 Å². The van der Waals surface area contributed by atoms with Gasteiger partial charge in [-0.3, -0.25) is 4.79 Å². The summed E-state index contributed by atoms with van der Waals surface area (Å²) >= 11 is 0. The van der Waals surface area contributed by atoms with E-state index in [2.05, 4.69) is 59.7 Å². The molecule has 0 bridgehead atoms. The molecule has 0 radical (unpaired) electrons. The topological polar surface area (TPSA) is 71.4 Å². The smallest absolute Gasteiger partial charge is 0.228 e. The van der Waals surface area contributed by atoms with Crippen LogP contribution in [0.3, 0.4) is 0 Å². The number of benzene rings is 2. The molecule has 1 saturated carbocycles. The summed E-state index contributed by atoms with van der Waals surface area (Å²) in [5.74, 6) is 0.821. The molecule has 2 aromatic carbocycles. The Morgan fingerprint density at radius 1 is 1.17 bits per heavy atom. The predicted molar refractivity (Wildman–Crippen MR) is 121 cm³/mol. The second-order valence-electron chi connectivity index (χ2n) is 8.72. The van der Waals surface area contributed by atoms with Crippen LogP contribution in [-0.4, -0.2) is 10.9 Å². The first-order valence-corrected chi connectivity index (χ1v) is 10.5. The molecular weight excluding hydrogens is 374 g/mol. The van der Waals surface area contributed by atoms with Crippen molar-refractivity contribution in [2.45, 2.75) is 52.5 Å². The molecule has 0 atom stereocenters. The summed E-state index contributed by atoms with van der Waals surface area (Å²) in [5, 5.41) is 8.31. The summed E-state index contributed by atoms with van der Waals surface area (Å²) in [5.41, 5.74) is 4.74. The lowest BCUT2D eigenvalue weighted by Crippen LogP contribution is -2.16. The maximum absolute atomic E-state index is 12.0. The van der Waals surface area contributed by atoms with E-state index in [4.69, 9.17) is 0 Å². The highest BCUT2D eigenvalue weighted by Crippen LogP contribution is 2.35.